The molecule has 0 spiro atoms. The van der Waals surface area contributed by atoms with Gasteiger partial charge >= 0.3 is 0 Å². The number of sulfonamides is 1. The Kier molecular flexibility index (Phi) is 10.8. The molecule has 0 saturated heterocycles. The van der Waals surface area contributed by atoms with Crippen LogP contribution in [0.5, 0.6) is 0 Å². The second-order valence-electron chi connectivity index (χ2n) is 5.00. The van der Waals surface area contributed by atoms with E-state index < -0.39 is 10.0 Å². The van der Waals surface area contributed by atoms with Gasteiger partial charge in [0.25, 0.3) is 10.0 Å². The van der Waals surface area contributed by atoms with E-state index in [2.05, 4.69) is 4.98 Å². The van der Waals surface area contributed by atoms with Gasteiger partial charge in [-0.2, -0.15) is 0 Å². The van der Waals surface area contributed by atoms with Gasteiger partial charge in [-0.25, -0.2) is 17.7 Å². The number of fused-ring (bicyclic) bond motifs is 1. The number of thioether (sulfide) groups is 1. The van der Waals surface area contributed by atoms with E-state index in [0.29, 0.717) is 16.3 Å². The SMILES string of the molecule is CC.CCN1c2nc(SC)sc2C(O)=C(c2ccccc2C)S1(=O)=O.[CH3-].[Y]. The van der Waals surface area contributed by atoms with Crippen LogP contribution < -0.4 is 4.31 Å². The number of benzene rings is 1. The first-order valence-corrected chi connectivity index (χ1v) is 11.5. The summed E-state index contributed by atoms with van der Waals surface area (Å²) in [6.45, 7) is 7.85. The molecule has 9 heteroatoms. The van der Waals surface area contributed by atoms with Crippen molar-refractivity contribution in [1.82, 2.24) is 4.98 Å². The predicted molar refractivity (Wildman–Crippen MR) is 114 cm³/mol. The Labute approximate surface area is 196 Å². The summed E-state index contributed by atoms with van der Waals surface area (Å²) < 4.78 is 28.1. The Balaban J connectivity index is 0.00000164. The van der Waals surface area contributed by atoms with Gasteiger partial charge in [0.2, 0.25) is 0 Å². The summed E-state index contributed by atoms with van der Waals surface area (Å²) in [7, 11) is -3.85. The monoisotopic (exact) mass is 502 g/mol. The quantitative estimate of drug-likeness (QED) is 0.462. The average molecular weight is 503 g/mol. The number of hydrogen-bond acceptors (Lipinski definition) is 6. The Morgan fingerprint density at radius 3 is 2.37 bits per heavy atom. The van der Waals surface area contributed by atoms with Crippen LogP contribution in [-0.2, 0) is 42.7 Å². The average Bonchev–Trinajstić information content (AvgIpc) is 3.02. The second-order valence-corrected chi connectivity index (χ2v) is 8.85. The number of aryl methyl sites for hydroxylation is 1. The van der Waals surface area contributed by atoms with Gasteiger partial charge in [0.15, 0.2) is 15.9 Å². The van der Waals surface area contributed by atoms with Gasteiger partial charge in [-0.05, 0) is 25.7 Å². The van der Waals surface area contributed by atoms with E-state index in [1.165, 1.54) is 27.4 Å². The van der Waals surface area contributed by atoms with Gasteiger partial charge < -0.3 is 12.5 Å². The van der Waals surface area contributed by atoms with Gasteiger partial charge in [0, 0.05) is 44.8 Å². The van der Waals surface area contributed by atoms with E-state index >= 15 is 0 Å². The molecule has 5 nitrogen and oxygen atoms in total. The number of thiazole rings is 1. The topological polar surface area (TPSA) is 70.5 Å². The molecule has 3 rings (SSSR count). The van der Waals surface area contributed by atoms with Crippen LogP contribution in [0.2, 0.25) is 0 Å². The zero-order valence-electron chi connectivity index (χ0n) is 16.5. The second kappa shape index (κ2) is 11.0. The number of anilines is 1. The minimum absolute atomic E-state index is 0. The van der Waals surface area contributed by atoms with Gasteiger partial charge in [-0.15, -0.1) is 11.3 Å². The van der Waals surface area contributed by atoms with Crippen molar-refractivity contribution in [3.8, 4) is 0 Å². The molecule has 1 aliphatic heterocycles. The van der Waals surface area contributed by atoms with Crippen molar-refractivity contribution in [3.05, 3.63) is 47.7 Å². The van der Waals surface area contributed by atoms with Crippen LogP contribution in [0.3, 0.4) is 0 Å². The third kappa shape index (κ3) is 4.78. The van der Waals surface area contributed by atoms with Gasteiger partial charge in [0.1, 0.15) is 9.78 Å². The molecule has 147 valence electrons. The smallest absolute Gasteiger partial charge is 0.269 e. The Bertz CT molecular complexity index is 908. The molecule has 1 aromatic heterocycles. The first-order valence-electron chi connectivity index (χ1n) is 7.99. The summed E-state index contributed by atoms with van der Waals surface area (Å²) in [6, 6.07) is 7.15. The summed E-state index contributed by atoms with van der Waals surface area (Å²) in [5.74, 6) is 0.105. The van der Waals surface area contributed by atoms with Gasteiger partial charge in [-0.1, -0.05) is 49.9 Å². The molecule has 0 unspecified atom stereocenters. The van der Waals surface area contributed by atoms with Gasteiger partial charge in [-0.3, -0.25) is 0 Å². The normalized spacial score (nSPS) is 14.3. The largest absolute Gasteiger partial charge is 0.505 e. The molecule has 0 aliphatic carbocycles. The molecule has 0 atom stereocenters. The zero-order valence-corrected chi connectivity index (χ0v) is 21.8. The number of aliphatic hydroxyl groups excluding tert-OH is 1. The maximum Gasteiger partial charge on any atom is 0.269 e. The Morgan fingerprint density at radius 1 is 1.26 bits per heavy atom. The van der Waals surface area contributed by atoms with Crippen LogP contribution in [0.4, 0.5) is 5.82 Å². The minimum Gasteiger partial charge on any atom is -0.505 e. The number of aromatic nitrogens is 1. The van der Waals surface area contributed by atoms with Crippen molar-refractivity contribution in [1.29, 1.82) is 0 Å². The van der Waals surface area contributed by atoms with Crippen LogP contribution in [-0.4, -0.2) is 31.3 Å². The van der Waals surface area contributed by atoms with E-state index in [1.54, 1.807) is 19.1 Å². The van der Waals surface area contributed by atoms with Crippen LogP contribution >= 0.6 is 23.1 Å². The van der Waals surface area contributed by atoms with Crippen LogP contribution in [0.15, 0.2) is 28.6 Å². The van der Waals surface area contributed by atoms with Gasteiger partial charge in [0.05, 0.1) is 0 Å². The van der Waals surface area contributed by atoms with Crippen molar-refractivity contribution in [2.45, 2.75) is 32.0 Å². The summed E-state index contributed by atoms with van der Waals surface area (Å²) in [6.07, 6.45) is 1.87. The number of nitrogens with zero attached hydrogens (tertiary/aromatic N) is 2. The van der Waals surface area contributed by atoms with Crippen LogP contribution in [0.1, 0.15) is 36.8 Å². The fourth-order valence-corrected chi connectivity index (χ4v) is 5.98. The number of aliphatic hydroxyl groups is 1. The molecule has 0 bridgehead atoms. The summed E-state index contributed by atoms with van der Waals surface area (Å²) in [5.41, 5.74) is 1.32. The van der Waals surface area contributed by atoms with Crippen molar-refractivity contribution >= 4 is 49.6 Å². The number of hydrogen-bond donors (Lipinski definition) is 1. The van der Waals surface area contributed by atoms with E-state index in [9.17, 15) is 13.5 Å². The third-order valence-electron chi connectivity index (χ3n) is 3.66. The molecule has 0 amide bonds. The summed E-state index contributed by atoms with van der Waals surface area (Å²) >= 11 is 2.73. The Morgan fingerprint density at radius 2 is 1.85 bits per heavy atom. The maximum absolute atomic E-state index is 13.0. The predicted octanol–water partition coefficient (Wildman–Crippen LogP) is 5.20. The fourth-order valence-electron chi connectivity index (χ4n) is 2.57. The molecule has 0 saturated carbocycles. The van der Waals surface area contributed by atoms with Crippen molar-refractivity contribution < 1.29 is 46.2 Å². The van der Waals surface area contributed by atoms with Crippen molar-refractivity contribution in [3.63, 3.8) is 0 Å². The van der Waals surface area contributed by atoms with E-state index in [0.717, 1.165) is 9.90 Å². The molecule has 2 heterocycles. The fraction of sp³-hybridized carbons (Fsp3) is 0.333. The third-order valence-corrected chi connectivity index (χ3v) is 7.63. The Hall–Kier alpha value is -0.406. The maximum atomic E-state index is 13.0. The van der Waals surface area contributed by atoms with Crippen molar-refractivity contribution in [2.24, 2.45) is 0 Å². The standard InChI is InChI=1S/C15H16N2O3S3.C2H6.CH3.Y/c1-4-17-14-12(22-15(16-14)21-3)11(18)13(23(17,19)20)10-8-6-5-7-9(10)2;1-2;;/h5-8,18H,4H2,1-3H3;1-2H3;1H3;/q;;-1;. The van der Waals surface area contributed by atoms with Crippen LogP contribution in [0, 0.1) is 14.4 Å². The molecule has 2 aromatic rings. The molecule has 1 aromatic carbocycles. The summed E-state index contributed by atoms with van der Waals surface area (Å²) in [4.78, 5) is 4.82. The van der Waals surface area contributed by atoms with E-state index in [-0.39, 0.29) is 57.3 Å². The van der Waals surface area contributed by atoms with Crippen LogP contribution in [0.25, 0.3) is 10.7 Å². The number of rotatable bonds is 3. The minimum atomic E-state index is -3.85. The van der Waals surface area contributed by atoms with E-state index in [4.69, 9.17) is 0 Å². The molecule has 1 aliphatic rings. The first kappa shape index (κ1) is 26.6. The van der Waals surface area contributed by atoms with Crippen molar-refractivity contribution in [2.75, 3.05) is 17.1 Å². The summed E-state index contributed by atoms with van der Waals surface area (Å²) in [5, 5.41) is 10.7. The zero-order chi connectivity index (χ0) is 18.8. The molecule has 1 radical (unpaired) electrons. The van der Waals surface area contributed by atoms with E-state index in [1.807, 2.05) is 39.2 Å². The molecule has 1 N–H and O–H groups in total. The molecule has 27 heavy (non-hydrogen) atoms. The molecular weight excluding hydrogens is 477 g/mol. The molecular formula is C18H25N2O3S3Y-. The first-order chi connectivity index (χ1) is 11.9. The molecule has 0 fully saturated rings.